The second kappa shape index (κ2) is 12.4. The molecule has 2 aromatic heterocycles. The molecule has 43 heavy (non-hydrogen) atoms. The van der Waals surface area contributed by atoms with E-state index in [1.165, 1.54) is 35.0 Å². The van der Waals surface area contributed by atoms with Crippen molar-refractivity contribution >= 4 is 17.3 Å². The van der Waals surface area contributed by atoms with Gasteiger partial charge in [-0.25, -0.2) is 14.2 Å². The molecular formula is C31H25F4N3O4S. The number of aryl methyl sites for hydroxylation is 1. The predicted molar refractivity (Wildman–Crippen MR) is 154 cm³/mol. The number of hydrogen-bond donors (Lipinski definition) is 1. The second-order valence-corrected chi connectivity index (χ2v) is 10.3. The van der Waals surface area contributed by atoms with Crippen molar-refractivity contribution in [3.8, 4) is 43.7 Å². The van der Waals surface area contributed by atoms with E-state index >= 15 is 0 Å². The van der Waals surface area contributed by atoms with E-state index in [-0.39, 0.29) is 16.4 Å². The number of ether oxygens (including phenoxy) is 2. The molecule has 0 aliphatic carbocycles. The molecule has 5 aromatic rings. The van der Waals surface area contributed by atoms with Crippen LogP contribution in [-0.2, 0) is 10.9 Å². The predicted octanol–water partition coefficient (Wildman–Crippen LogP) is 7.91. The number of benzene rings is 3. The highest BCUT2D eigenvalue weighted by atomic mass is 32.1. The number of nitrogens with zero attached hydrogens (tertiary/aromatic N) is 3. The van der Waals surface area contributed by atoms with E-state index in [9.17, 15) is 27.5 Å². The highest BCUT2D eigenvalue weighted by Crippen LogP contribution is 2.41. The molecule has 0 atom stereocenters. The number of rotatable bonds is 10. The van der Waals surface area contributed by atoms with Crippen molar-refractivity contribution in [3.05, 3.63) is 95.6 Å². The lowest BCUT2D eigenvalue weighted by Crippen LogP contribution is -2.09. The number of carboxylic acid groups (broad SMARTS) is 1. The molecule has 7 nitrogen and oxygen atoms in total. The fourth-order valence-electron chi connectivity index (χ4n) is 4.53. The molecule has 5 rings (SSSR count). The van der Waals surface area contributed by atoms with Crippen molar-refractivity contribution in [1.29, 1.82) is 0 Å². The Hall–Kier alpha value is -4.55. The summed E-state index contributed by atoms with van der Waals surface area (Å²) in [6, 6.07) is 17.2. The third-order valence-electron chi connectivity index (χ3n) is 6.48. The first-order valence-corrected chi connectivity index (χ1v) is 14.0. The molecule has 0 saturated carbocycles. The zero-order valence-corrected chi connectivity index (χ0v) is 23.8. The van der Waals surface area contributed by atoms with Crippen molar-refractivity contribution in [1.82, 2.24) is 14.8 Å². The summed E-state index contributed by atoms with van der Waals surface area (Å²) >= 11 is 1.12. The van der Waals surface area contributed by atoms with Gasteiger partial charge in [0.05, 0.1) is 28.4 Å². The fraction of sp³-hybridized carbons (Fsp3) is 0.194. The number of aromatic carboxylic acids is 1. The Balaban J connectivity index is 1.62. The number of carboxylic acids is 1. The van der Waals surface area contributed by atoms with Crippen molar-refractivity contribution in [2.24, 2.45) is 0 Å². The molecular weight excluding hydrogens is 586 g/mol. The maximum atomic E-state index is 14.0. The number of carbonyl (C=O) groups is 1. The van der Waals surface area contributed by atoms with Gasteiger partial charge in [-0.1, -0.05) is 35.6 Å². The number of thiazole rings is 1. The maximum absolute atomic E-state index is 14.0. The zero-order chi connectivity index (χ0) is 30.7. The van der Waals surface area contributed by atoms with Crippen LogP contribution in [0.15, 0.2) is 72.8 Å². The lowest BCUT2D eigenvalue weighted by molar-refractivity contribution is -0.137. The van der Waals surface area contributed by atoms with Gasteiger partial charge < -0.3 is 14.6 Å². The first kappa shape index (κ1) is 29.9. The average molecular weight is 612 g/mol. The highest BCUT2D eigenvalue weighted by Gasteiger charge is 2.31. The average Bonchev–Trinajstić information content (AvgIpc) is 3.57. The molecule has 0 radical (unpaired) electrons. The van der Waals surface area contributed by atoms with Crippen LogP contribution < -0.4 is 4.74 Å². The van der Waals surface area contributed by atoms with Crippen molar-refractivity contribution in [2.75, 3.05) is 19.8 Å². The lowest BCUT2D eigenvalue weighted by atomic mass is 10.0. The van der Waals surface area contributed by atoms with Gasteiger partial charge in [-0.3, -0.25) is 0 Å². The molecule has 0 fully saturated rings. The van der Waals surface area contributed by atoms with Gasteiger partial charge in [-0.05, 0) is 73.5 Å². The topological polar surface area (TPSA) is 86.5 Å². The standard InChI is InChI=1S/C31H25F4N3O4S/c1-3-41-15-16-42-24-13-9-20(10-14-24)28-26(19-7-11-22(12-8-19)31(33,34)35)36-30(43-28)38-27(29(39)40)25(18(2)37-38)21-5-4-6-23(32)17-21/h4-14,17H,3,15-16H2,1-2H3,(H,39,40). The van der Waals surface area contributed by atoms with E-state index in [4.69, 9.17) is 9.47 Å². The van der Waals surface area contributed by atoms with E-state index in [2.05, 4.69) is 10.1 Å². The van der Waals surface area contributed by atoms with Crippen LogP contribution in [0.3, 0.4) is 0 Å². The van der Waals surface area contributed by atoms with Crippen LogP contribution in [0.25, 0.3) is 38.0 Å². The molecule has 222 valence electrons. The summed E-state index contributed by atoms with van der Waals surface area (Å²) in [6.07, 6.45) is -4.51. The Bertz CT molecular complexity index is 1750. The summed E-state index contributed by atoms with van der Waals surface area (Å²) in [6.45, 7) is 4.86. The number of hydrogen-bond acceptors (Lipinski definition) is 6. The van der Waals surface area contributed by atoms with Gasteiger partial charge in [0.2, 0.25) is 5.13 Å². The summed E-state index contributed by atoms with van der Waals surface area (Å²) < 4.78 is 66.0. The van der Waals surface area contributed by atoms with E-state index in [0.717, 1.165) is 23.5 Å². The van der Waals surface area contributed by atoms with Crippen LogP contribution in [0, 0.1) is 12.7 Å². The smallest absolute Gasteiger partial charge is 0.416 e. The van der Waals surface area contributed by atoms with Gasteiger partial charge in [0.25, 0.3) is 0 Å². The molecule has 1 N–H and O–H groups in total. The van der Waals surface area contributed by atoms with E-state index in [1.807, 2.05) is 6.92 Å². The molecule has 0 saturated heterocycles. The van der Waals surface area contributed by atoms with Gasteiger partial charge in [-0.2, -0.15) is 23.0 Å². The Labute approximate surface area is 248 Å². The van der Waals surface area contributed by atoms with Crippen LogP contribution in [0.4, 0.5) is 17.6 Å². The van der Waals surface area contributed by atoms with Crippen LogP contribution in [0.1, 0.15) is 28.7 Å². The monoisotopic (exact) mass is 611 g/mol. The first-order valence-electron chi connectivity index (χ1n) is 13.2. The van der Waals surface area contributed by atoms with Gasteiger partial charge in [0.1, 0.15) is 18.2 Å². The number of alkyl halides is 3. The molecule has 3 aromatic carbocycles. The minimum Gasteiger partial charge on any atom is -0.491 e. The van der Waals surface area contributed by atoms with E-state index < -0.39 is 23.5 Å². The lowest BCUT2D eigenvalue weighted by Gasteiger charge is -2.09. The maximum Gasteiger partial charge on any atom is 0.416 e. The second-order valence-electron chi connectivity index (χ2n) is 9.36. The number of aromatic nitrogens is 3. The largest absolute Gasteiger partial charge is 0.491 e. The Morgan fingerprint density at radius 1 is 0.977 bits per heavy atom. The molecule has 0 bridgehead atoms. The van der Waals surface area contributed by atoms with Gasteiger partial charge in [0, 0.05) is 17.7 Å². The Kier molecular flexibility index (Phi) is 8.60. The Morgan fingerprint density at radius 2 is 1.67 bits per heavy atom. The van der Waals surface area contributed by atoms with E-state index in [0.29, 0.717) is 58.5 Å². The van der Waals surface area contributed by atoms with Gasteiger partial charge in [0.15, 0.2) is 5.69 Å². The highest BCUT2D eigenvalue weighted by molar-refractivity contribution is 7.18. The first-order chi connectivity index (χ1) is 20.6. The third kappa shape index (κ3) is 6.45. The van der Waals surface area contributed by atoms with Crippen LogP contribution in [-0.4, -0.2) is 45.7 Å². The molecule has 2 heterocycles. The van der Waals surface area contributed by atoms with Crippen molar-refractivity contribution < 1.29 is 36.9 Å². The molecule has 0 amide bonds. The molecule has 0 unspecified atom stereocenters. The number of halogens is 4. The molecule has 0 spiro atoms. The zero-order valence-electron chi connectivity index (χ0n) is 23.0. The summed E-state index contributed by atoms with van der Waals surface area (Å²) in [5, 5.41) is 14.8. The Morgan fingerprint density at radius 3 is 2.30 bits per heavy atom. The summed E-state index contributed by atoms with van der Waals surface area (Å²) in [7, 11) is 0. The minimum absolute atomic E-state index is 0.171. The van der Waals surface area contributed by atoms with Crippen molar-refractivity contribution in [2.45, 2.75) is 20.0 Å². The van der Waals surface area contributed by atoms with Gasteiger partial charge in [-0.15, -0.1) is 0 Å². The van der Waals surface area contributed by atoms with Gasteiger partial charge >= 0.3 is 12.1 Å². The minimum atomic E-state index is -4.51. The normalized spacial score (nSPS) is 11.6. The van der Waals surface area contributed by atoms with Crippen LogP contribution >= 0.6 is 11.3 Å². The quantitative estimate of drug-likeness (QED) is 0.128. The summed E-state index contributed by atoms with van der Waals surface area (Å²) in [5.41, 5.74) is 1.29. The third-order valence-corrected chi connectivity index (χ3v) is 7.56. The van der Waals surface area contributed by atoms with Crippen LogP contribution in [0.2, 0.25) is 0 Å². The molecule has 12 heteroatoms. The van der Waals surface area contributed by atoms with Crippen molar-refractivity contribution in [3.63, 3.8) is 0 Å². The van der Waals surface area contributed by atoms with Crippen LogP contribution in [0.5, 0.6) is 5.75 Å². The fourth-order valence-corrected chi connectivity index (χ4v) is 5.58. The summed E-state index contributed by atoms with van der Waals surface area (Å²) in [4.78, 5) is 17.8. The molecule has 0 aliphatic rings. The molecule has 0 aliphatic heterocycles. The SMILES string of the molecule is CCOCCOc1ccc(-c2sc(-n3nc(C)c(-c4cccc(F)c4)c3C(=O)O)nc2-c2ccc(C(F)(F)F)cc2)cc1. The summed E-state index contributed by atoms with van der Waals surface area (Å²) in [5.74, 6) is -1.24. The van der Waals surface area contributed by atoms with E-state index in [1.54, 1.807) is 37.3 Å².